The van der Waals surface area contributed by atoms with Crippen molar-refractivity contribution in [3.63, 3.8) is 0 Å². The molecular formula is C20H18O9. The molecule has 9 heteroatoms. The first-order valence-corrected chi connectivity index (χ1v) is 8.30. The maximum Gasteiger partial charge on any atom is 0.200 e. The Balaban J connectivity index is 1.70. The Kier molecular flexibility index (Phi) is 5.31. The lowest BCUT2D eigenvalue weighted by Crippen LogP contribution is -1.98. The summed E-state index contributed by atoms with van der Waals surface area (Å²) in [7, 11) is 0. The van der Waals surface area contributed by atoms with E-state index in [2.05, 4.69) is 0 Å². The first kappa shape index (κ1) is 19.6. The van der Waals surface area contributed by atoms with Crippen LogP contribution < -0.4 is 9.47 Å². The third-order valence-corrected chi connectivity index (χ3v) is 3.93. The molecule has 0 aliphatic rings. The van der Waals surface area contributed by atoms with Gasteiger partial charge in [0.25, 0.3) is 0 Å². The number of phenols is 7. The lowest BCUT2D eigenvalue weighted by molar-refractivity contribution is 0.284. The van der Waals surface area contributed by atoms with Crippen LogP contribution in [0.1, 0.15) is 11.1 Å². The molecule has 0 amide bonds. The van der Waals surface area contributed by atoms with Gasteiger partial charge in [0, 0.05) is 18.2 Å². The van der Waals surface area contributed by atoms with E-state index in [9.17, 15) is 35.7 Å². The van der Waals surface area contributed by atoms with E-state index in [-0.39, 0.29) is 30.5 Å². The zero-order chi connectivity index (χ0) is 21.1. The Labute approximate surface area is 164 Å². The van der Waals surface area contributed by atoms with Gasteiger partial charge in [0.15, 0.2) is 34.5 Å². The Morgan fingerprint density at radius 3 is 1.17 bits per heavy atom. The minimum Gasteiger partial charge on any atom is -0.508 e. The Bertz CT molecular complexity index is 920. The van der Waals surface area contributed by atoms with E-state index in [1.165, 1.54) is 42.5 Å². The van der Waals surface area contributed by atoms with E-state index in [1.54, 1.807) is 0 Å². The quantitative estimate of drug-likeness (QED) is 0.308. The molecular weight excluding hydrogens is 384 g/mol. The molecule has 0 saturated carbocycles. The van der Waals surface area contributed by atoms with E-state index in [1.807, 2.05) is 0 Å². The van der Waals surface area contributed by atoms with Gasteiger partial charge in [-0.1, -0.05) is 0 Å². The molecule has 152 valence electrons. The highest BCUT2D eigenvalue weighted by atomic mass is 16.5. The zero-order valence-corrected chi connectivity index (χ0v) is 14.9. The van der Waals surface area contributed by atoms with E-state index in [4.69, 9.17) is 9.47 Å². The maximum atomic E-state index is 9.85. The molecule has 3 rings (SSSR count). The molecule has 0 bridgehead atoms. The van der Waals surface area contributed by atoms with Crippen LogP contribution in [0.3, 0.4) is 0 Å². The fourth-order valence-electron chi connectivity index (χ4n) is 2.55. The van der Waals surface area contributed by atoms with Crippen LogP contribution in [0.4, 0.5) is 0 Å². The van der Waals surface area contributed by atoms with Crippen molar-refractivity contribution in [3.8, 4) is 51.7 Å². The molecule has 0 unspecified atom stereocenters. The van der Waals surface area contributed by atoms with Gasteiger partial charge in [0.1, 0.15) is 30.5 Å². The van der Waals surface area contributed by atoms with Gasteiger partial charge in [-0.05, 0) is 35.4 Å². The third-order valence-electron chi connectivity index (χ3n) is 3.93. The maximum absolute atomic E-state index is 9.85. The summed E-state index contributed by atoms with van der Waals surface area (Å²) in [6, 6.07) is 9.01. The highest BCUT2D eigenvalue weighted by Gasteiger charge is 2.11. The largest absolute Gasteiger partial charge is 0.508 e. The first-order valence-electron chi connectivity index (χ1n) is 8.30. The van der Waals surface area contributed by atoms with Crippen molar-refractivity contribution in [1.29, 1.82) is 0 Å². The van der Waals surface area contributed by atoms with E-state index in [0.717, 1.165) is 0 Å². The van der Waals surface area contributed by atoms with Crippen molar-refractivity contribution in [2.45, 2.75) is 13.2 Å². The first-order chi connectivity index (χ1) is 13.7. The highest BCUT2D eigenvalue weighted by molar-refractivity contribution is 5.52. The van der Waals surface area contributed by atoms with Gasteiger partial charge in [-0.3, -0.25) is 0 Å². The molecule has 7 N–H and O–H groups in total. The number of phenolic OH excluding ortho intramolecular Hbond substituents is 7. The van der Waals surface area contributed by atoms with Gasteiger partial charge in [0.05, 0.1) is 0 Å². The molecule has 0 aromatic heterocycles. The van der Waals surface area contributed by atoms with Crippen LogP contribution in [0.2, 0.25) is 0 Å². The molecule has 0 aliphatic carbocycles. The number of hydrogen-bond acceptors (Lipinski definition) is 9. The molecule has 29 heavy (non-hydrogen) atoms. The average molecular weight is 402 g/mol. The zero-order valence-electron chi connectivity index (χ0n) is 14.9. The highest BCUT2D eigenvalue weighted by Crippen LogP contribution is 2.37. The van der Waals surface area contributed by atoms with Crippen LogP contribution in [0.25, 0.3) is 0 Å². The van der Waals surface area contributed by atoms with Crippen molar-refractivity contribution in [2.75, 3.05) is 0 Å². The molecule has 0 atom stereocenters. The van der Waals surface area contributed by atoms with Crippen molar-refractivity contribution in [3.05, 3.63) is 53.6 Å². The van der Waals surface area contributed by atoms with Crippen LogP contribution in [-0.2, 0) is 13.2 Å². The summed E-state index contributed by atoms with van der Waals surface area (Å²) in [5, 5.41) is 66.7. The van der Waals surface area contributed by atoms with Gasteiger partial charge < -0.3 is 45.2 Å². The molecule has 3 aromatic rings. The summed E-state index contributed by atoms with van der Waals surface area (Å²) in [4.78, 5) is 0. The van der Waals surface area contributed by atoms with Crippen LogP contribution in [0, 0.1) is 0 Å². The van der Waals surface area contributed by atoms with Crippen molar-refractivity contribution < 1.29 is 45.2 Å². The van der Waals surface area contributed by atoms with Crippen LogP contribution in [0.5, 0.6) is 51.7 Å². The number of ether oxygens (including phenoxy) is 2. The molecule has 0 radical (unpaired) electrons. The number of aromatic hydroxyl groups is 7. The molecule has 0 spiro atoms. The summed E-state index contributed by atoms with van der Waals surface area (Å²) in [5.74, 6) is -2.95. The minimum atomic E-state index is -0.631. The SMILES string of the molecule is Oc1cc(OCc2cc(O)c(O)c(O)c2)cc(OCc2cc(O)c(O)c(O)c2)c1. The molecule has 9 nitrogen and oxygen atoms in total. The second kappa shape index (κ2) is 7.85. The monoisotopic (exact) mass is 402 g/mol. The van der Waals surface area contributed by atoms with E-state index < -0.39 is 34.5 Å². The summed E-state index contributed by atoms with van der Waals surface area (Å²) >= 11 is 0. The second-order valence-corrected chi connectivity index (χ2v) is 6.21. The van der Waals surface area contributed by atoms with Gasteiger partial charge in [-0.15, -0.1) is 0 Å². The Morgan fingerprint density at radius 2 is 0.828 bits per heavy atom. The van der Waals surface area contributed by atoms with Crippen molar-refractivity contribution >= 4 is 0 Å². The Morgan fingerprint density at radius 1 is 0.483 bits per heavy atom. The fraction of sp³-hybridized carbons (Fsp3) is 0.100. The standard InChI is InChI=1S/C20H18O9/c21-12-5-13(28-8-10-1-15(22)19(26)16(23)2-10)7-14(6-12)29-9-11-3-17(24)20(27)18(25)4-11/h1-7,21-27H,8-9H2. The number of hydrogen-bond donors (Lipinski definition) is 7. The lowest BCUT2D eigenvalue weighted by atomic mass is 10.2. The van der Waals surface area contributed by atoms with Gasteiger partial charge >= 0.3 is 0 Å². The van der Waals surface area contributed by atoms with E-state index in [0.29, 0.717) is 11.1 Å². The molecule has 0 fully saturated rings. The molecule has 0 heterocycles. The Hall–Kier alpha value is -4.14. The summed E-state index contributed by atoms with van der Waals surface area (Å²) in [5.41, 5.74) is 0.748. The van der Waals surface area contributed by atoms with Crippen LogP contribution >= 0.6 is 0 Å². The predicted molar refractivity (Wildman–Crippen MR) is 99.6 cm³/mol. The van der Waals surface area contributed by atoms with Crippen LogP contribution in [0.15, 0.2) is 42.5 Å². The topological polar surface area (TPSA) is 160 Å². The van der Waals surface area contributed by atoms with Crippen LogP contribution in [-0.4, -0.2) is 35.7 Å². The second-order valence-electron chi connectivity index (χ2n) is 6.21. The summed E-state index contributed by atoms with van der Waals surface area (Å²) in [6.45, 7) is -0.159. The molecule has 3 aromatic carbocycles. The van der Waals surface area contributed by atoms with Crippen molar-refractivity contribution in [2.24, 2.45) is 0 Å². The molecule has 0 aliphatic heterocycles. The molecule has 0 saturated heterocycles. The average Bonchev–Trinajstić information content (AvgIpc) is 2.66. The minimum absolute atomic E-state index is 0.0794. The normalized spacial score (nSPS) is 10.6. The van der Waals surface area contributed by atoms with Gasteiger partial charge in [0.2, 0.25) is 0 Å². The van der Waals surface area contributed by atoms with Crippen molar-refractivity contribution in [1.82, 2.24) is 0 Å². The van der Waals surface area contributed by atoms with E-state index >= 15 is 0 Å². The lowest BCUT2D eigenvalue weighted by Gasteiger charge is -2.12. The smallest absolute Gasteiger partial charge is 0.200 e. The van der Waals surface area contributed by atoms with Gasteiger partial charge in [-0.25, -0.2) is 0 Å². The number of rotatable bonds is 6. The fourth-order valence-corrected chi connectivity index (χ4v) is 2.55. The summed E-state index contributed by atoms with van der Waals surface area (Å²) in [6.07, 6.45) is 0. The summed E-state index contributed by atoms with van der Waals surface area (Å²) < 4.78 is 11.0. The third kappa shape index (κ3) is 4.59. The predicted octanol–water partition coefficient (Wildman–Crippen LogP) is 2.78. The number of benzene rings is 3. The van der Waals surface area contributed by atoms with Gasteiger partial charge in [-0.2, -0.15) is 0 Å².